The Labute approximate surface area is 139 Å². The van der Waals surface area contributed by atoms with Gasteiger partial charge in [0.15, 0.2) is 0 Å². The molecule has 3 heteroatoms. The second-order valence-electron chi connectivity index (χ2n) is 6.36. The number of aromatic hydroxyl groups is 1. The third-order valence-electron chi connectivity index (χ3n) is 4.39. The summed E-state index contributed by atoms with van der Waals surface area (Å²) in [6.45, 7) is 2.24. The first-order valence-corrected chi connectivity index (χ1v) is 8.99. The van der Waals surface area contributed by atoms with Gasteiger partial charge in [0.1, 0.15) is 11.3 Å². The number of aromatic nitrogens is 1. The summed E-state index contributed by atoms with van der Waals surface area (Å²) in [5.74, 6) is 0.170. The van der Waals surface area contributed by atoms with E-state index in [4.69, 9.17) is 0 Å². The Hall–Kier alpha value is -1.61. The number of fused-ring (bicyclic) bond motifs is 1. The third-order valence-corrected chi connectivity index (χ3v) is 4.39. The van der Waals surface area contributed by atoms with Crippen molar-refractivity contribution in [2.75, 3.05) is 0 Å². The fourth-order valence-corrected chi connectivity index (χ4v) is 2.95. The molecule has 2 N–H and O–H groups in total. The molecule has 2 aromatic rings. The van der Waals surface area contributed by atoms with Gasteiger partial charge >= 0.3 is 0 Å². The number of hydrogen-bond donors (Lipinski definition) is 2. The van der Waals surface area contributed by atoms with Crippen LogP contribution in [0.2, 0.25) is 0 Å². The highest BCUT2D eigenvalue weighted by Gasteiger charge is 2.11. The molecule has 0 saturated heterocycles. The molecule has 0 aliphatic carbocycles. The number of rotatable bonds is 10. The van der Waals surface area contributed by atoms with Crippen LogP contribution in [0.1, 0.15) is 76.5 Å². The average molecular weight is 315 g/mol. The van der Waals surface area contributed by atoms with Crippen molar-refractivity contribution in [1.29, 1.82) is 0 Å². The van der Waals surface area contributed by atoms with Gasteiger partial charge in [-0.05, 0) is 18.6 Å². The van der Waals surface area contributed by atoms with Gasteiger partial charge in [-0.1, -0.05) is 76.5 Å². The Morgan fingerprint density at radius 3 is 2.35 bits per heavy atom. The largest absolute Gasteiger partial charge is 0.506 e. The van der Waals surface area contributed by atoms with E-state index in [0.29, 0.717) is 11.2 Å². The molecule has 0 saturated carbocycles. The molecule has 1 aromatic heterocycles. The first-order valence-electron chi connectivity index (χ1n) is 8.99. The van der Waals surface area contributed by atoms with E-state index in [1.165, 1.54) is 44.9 Å². The molecule has 3 nitrogen and oxygen atoms in total. The van der Waals surface area contributed by atoms with Crippen LogP contribution in [0, 0.1) is 0 Å². The molecular weight excluding hydrogens is 286 g/mol. The van der Waals surface area contributed by atoms with E-state index in [2.05, 4.69) is 11.9 Å². The smallest absolute Gasteiger partial charge is 0.141 e. The van der Waals surface area contributed by atoms with E-state index in [0.717, 1.165) is 18.2 Å². The Bertz CT molecular complexity index is 597. The molecule has 1 unspecified atom stereocenters. The summed E-state index contributed by atoms with van der Waals surface area (Å²) >= 11 is 0. The van der Waals surface area contributed by atoms with E-state index in [1.807, 2.05) is 18.2 Å². The maximum Gasteiger partial charge on any atom is 0.141 e. The molecule has 23 heavy (non-hydrogen) atoms. The van der Waals surface area contributed by atoms with Crippen molar-refractivity contribution in [3.63, 3.8) is 0 Å². The van der Waals surface area contributed by atoms with E-state index in [1.54, 1.807) is 12.1 Å². The molecule has 0 bridgehead atoms. The third kappa shape index (κ3) is 5.51. The summed E-state index contributed by atoms with van der Waals surface area (Å²) in [6.07, 6.45) is 10.3. The lowest BCUT2D eigenvalue weighted by Gasteiger charge is -2.11. The molecule has 1 heterocycles. The Morgan fingerprint density at radius 2 is 1.61 bits per heavy atom. The number of unbranched alkanes of at least 4 members (excludes halogenated alkanes) is 7. The van der Waals surface area contributed by atoms with Crippen molar-refractivity contribution in [1.82, 2.24) is 4.98 Å². The fraction of sp³-hybridized carbons (Fsp3) is 0.550. The highest BCUT2D eigenvalue weighted by Crippen LogP contribution is 2.26. The quantitative estimate of drug-likeness (QED) is 0.569. The number of pyridine rings is 1. The second-order valence-corrected chi connectivity index (χ2v) is 6.36. The Balaban J connectivity index is 1.75. The van der Waals surface area contributed by atoms with Gasteiger partial charge in [-0.25, -0.2) is 4.98 Å². The molecule has 0 radical (unpaired) electrons. The van der Waals surface area contributed by atoms with Crippen LogP contribution in [-0.2, 0) is 0 Å². The van der Waals surface area contributed by atoms with Gasteiger partial charge < -0.3 is 10.2 Å². The highest BCUT2D eigenvalue weighted by atomic mass is 16.3. The zero-order chi connectivity index (χ0) is 16.5. The first-order chi connectivity index (χ1) is 11.2. The molecule has 1 aromatic carbocycles. The highest BCUT2D eigenvalue weighted by molar-refractivity contribution is 5.84. The summed E-state index contributed by atoms with van der Waals surface area (Å²) in [7, 11) is 0. The van der Waals surface area contributed by atoms with Gasteiger partial charge in [-0.15, -0.1) is 0 Å². The minimum absolute atomic E-state index is 0.170. The minimum Gasteiger partial charge on any atom is -0.506 e. The topological polar surface area (TPSA) is 53.4 Å². The van der Waals surface area contributed by atoms with Crippen LogP contribution in [0.15, 0.2) is 30.3 Å². The predicted molar refractivity (Wildman–Crippen MR) is 95.6 cm³/mol. The van der Waals surface area contributed by atoms with Crippen molar-refractivity contribution >= 4 is 10.9 Å². The number of hydrogen-bond acceptors (Lipinski definition) is 3. The van der Waals surface area contributed by atoms with Gasteiger partial charge in [-0.3, -0.25) is 0 Å². The van der Waals surface area contributed by atoms with E-state index in [-0.39, 0.29) is 5.75 Å². The molecule has 2 rings (SSSR count). The van der Waals surface area contributed by atoms with Gasteiger partial charge in [0.2, 0.25) is 0 Å². The number of benzene rings is 1. The standard InChI is InChI=1S/C20H29NO2/c1-2-3-4-5-6-7-8-9-12-18(22)17-15-14-16-11-10-13-19(23)20(16)21-17/h10-11,13-15,18,22-23H,2-9,12H2,1H3. The molecule has 0 spiro atoms. The normalized spacial score (nSPS) is 12.6. The molecule has 126 valence electrons. The van der Waals surface area contributed by atoms with Crippen LogP contribution >= 0.6 is 0 Å². The molecule has 1 atom stereocenters. The van der Waals surface area contributed by atoms with Gasteiger partial charge in [0, 0.05) is 5.39 Å². The van der Waals surface area contributed by atoms with Crippen LogP contribution < -0.4 is 0 Å². The molecule has 0 fully saturated rings. The lowest BCUT2D eigenvalue weighted by atomic mass is 10.0. The molecule has 0 amide bonds. The number of aliphatic hydroxyl groups excluding tert-OH is 1. The Kier molecular flexibility index (Phi) is 7.34. The van der Waals surface area contributed by atoms with Crippen molar-refractivity contribution in [2.24, 2.45) is 0 Å². The SMILES string of the molecule is CCCCCCCCCCC(O)c1ccc2cccc(O)c2n1. The number of phenols is 1. The van der Waals surface area contributed by atoms with E-state index < -0.39 is 6.10 Å². The van der Waals surface area contributed by atoms with E-state index in [9.17, 15) is 10.2 Å². The first kappa shape index (κ1) is 17.7. The van der Waals surface area contributed by atoms with Gasteiger partial charge in [-0.2, -0.15) is 0 Å². The zero-order valence-corrected chi connectivity index (χ0v) is 14.2. The number of aliphatic hydroxyl groups is 1. The molecular formula is C20H29NO2. The number of para-hydroxylation sites is 1. The predicted octanol–water partition coefficient (Wildman–Crippen LogP) is 5.50. The molecule has 0 aliphatic rings. The number of nitrogens with zero attached hydrogens (tertiary/aromatic N) is 1. The lowest BCUT2D eigenvalue weighted by molar-refractivity contribution is 0.159. The van der Waals surface area contributed by atoms with Crippen LogP contribution in [0.3, 0.4) is 0 Å². The zero-order valence-electron chi connectivity index (χ0n) is 14.2. The summed E-state index contributed by atoms with van der Waals surface area (Å²) in [6, 6.07) is 9.11. The van der Waals surface area contributed by atoms with Gasteiger partial charge in [0.25, 0.3) is 0 Å². The number of phenolic OH excluding ortho intramolecular Hbond substituents is 1. The van der Waals surface area contributed by atoms with Gasteiger partial charge in [0.05, 0.1) is 11.8 Å². The maximum atomic E-state index is 10.3. The van der Waals surface area contributed by atoms with Crippen LogP contribution in [0.4, 0.5) is 0 Å². The van der Waals surface area contributed by atoms with Crippen LogP contribution in [-0.4, -0.2) is 15.2 Å². The summed E-state index contributed by atoms with van der Waals surface area (Å²) in [4.78, 5) is 4.42. The monoisotopic (exact) mass is 315 g/mol. The fourth-order valence-electron chi connectivity index (χ4n) is 2.95. The average Bonchev–Trinajstić information content (AvgIpc) is 2.57. The maximum absolute atomic E-state index is 10.3. The summed E-state index contributed by atoms with van der Waals surface area (Å²) in [5.41, 5.74) is 1.22. The van der Waals surface area contributed by atoms with Crippen LogP contribution in [0.5, 0.6) is 5.75 Å². The Morgan fingerprint density at radius 1 is 0.913 bits per heavy atom. The summed E-state index contributed by atoms with van der Waals surface area (Å²) in [5, 5.41) is 21.1. The molecule has 0 aliphatic heterocycles. The van der Waals surface area contributed by atoms with Crippen molar-refractivity contribution < 1.29 is 10.2 Å². The van der Waals surface area contributed by atoms with Crippen molar-refractivity contribution in [2.45, 2.75) is 70.8 Å². The van der Waals surface area contributed by atoms with Crippen LogP contribution in [0.25, 0.3) is 10.9 Å². The second kappa shape index (κ2) is 9.51. The van der Waals surface area contributed by atoms with Crippen molar-refractivity contribution in [3.8, 4) is 5.75 Å². The summed E-state index contributed by atoms with van der Waals surface area (Å²) < 4.78 is 0. The minimum atomic E-state index is -0.543. The lowest BCUT2D eigenvalue weighted by Crippen LogP contribution is -2.00. The van der Waals surface area contributed by atoms with E-state index >= 15 is 0 Å². The van der Waals surface area contributed by atoms with Crippen molar-refractivity contribution in [3.05, 3.63) is 36.0 Å².